The minimum absolute atomic E-state index is 0.0387. The molecule has 1 fully saturated rings. The van der Waals surface area contributed by atoms with E-state index in [-0.39, 0.29) is 18.2 Å². The first-order valence-electron chi connectivity index (χ1n) is 10.1. The van der Waals surface area contributed by atoms with E-state index < -0.39 is 5.60 Å². The molecule has 2 aromatic carbocycles. The van der Waals surface area contributed by atoms with E-state index in [2.05, 4.69) is 30.3 Å². The number of fused-ring (bicyclic) bond motifs is 5. The number of carbonyl (C=O) groups excluding carboxylic acids is 1. The molecule has 2 unspecified atom stereocenters. The second kappa shape index (κ2) is 6.63. The molecule has 1 amide bonds. The molecule has 0 aliphatic carbocycles. The fourth-order valence-corrected chi connectivity index (χ4v) is 4.39. The van der Waals surface area contributed by atoms with Gasteiger partial charge in [-0.15, -0.1) is 0 Å². The molecule has 1 saturated heterocycles. The molecule has 2 aliphatic heterocycles. The van der Waals surface area contributed by atoms with Crippen LogP contribution in [-0.4, -0.2) is 41.9 Å². The summed E-state index contributed by atoms with van der Waals surface area (Å²) in [6, 6.07) is 14.2. The minimum Gasteiger partial charge on any atom is -0.455 e. The van der Waals surface area contributed by atoms with E-state index in [1.165, 1.54) is 5.57 Å². The van der Waals surface area contributed by atoms with Gasteiger partial charge >= 0.3 is 6.09 Å². The number of carbonyl (C=O) groups is 1. The highest BCUT2D eigenvalue weighted by atomic mass is 16.6. The monoisotopic (exact) mass is 391 g/mol. The lowest BCUT2D eigenvalue weighted by Crippen LogP contribution is -2.57. The quantitative estimate of drug-likeness (QED) is 0.559. The number of benzene rings is 2. The molecular formula is C24H25NO4. The fraction of sp³-hybridized carbons (Fsp3) is 0.375. The number of para-hydroxylation sites is 2. The van der Waals surface area contributed by atoms with Gasteiger partial charge in [-0.2, -0.15) is 0 Å². The van der Waals surface area contributed by atoms with Gasteiger partial charge in [-0.1, -0.05) is 42.5 Å². The molecule has 0 N–H and O–H groups in total. The zero-order valence-corrected chi connectivity index (χ0v) is 17.0. The van der Waals surface area contributed by atoms with Crippen molar-refractivity contribution in [1.82, 2.24) is 4.90 Å². The largest absolute Gasteiger partial charge is 0.455 e. The number of ether oxygens (including phenoxy) is 2. The standard InChI is InChI=1S/C24H25NO4/c1-24(2,3)29-23(26)25-16-11-15(12-17(25)14-27-13-16)18-8-6-9-20-19-7-4-5-10-21(19)28-22(18)20/h4-11,16-17H,12-14H2,1-3H3. The summed E-state index contributed by atoms with van der Waals surface area (Å²) in [6.45, 7) is 6.68. The predicted octanol–water partition coefficient (Wildman–Crippen LogP) is 5.38. The van der Waals surface area contributed by atoms with Crippen LogP contribution in [0.4, 0.5) is 4.79 Å². The summed E-state index contributed by atoms with van der Waals surface area (Å²) in [5, 5.41) is 2.25. The van der Waals surface area contributed by atoms with E-state index in [9.17, 15) is 4.79 Å². The van der Waals surface area contributed by atoms with E-state index in [0.29, 0.717) is 19.6 Å². The Morgan fingerprint density at radius 1 is 1.07 bits per heavy atom. The number of hydrogen-bond acceptors (Lipinski definition) is 4. The van der Waals surface area contributed by atoms with Gasteiger partial charge in [0.15, 0.2) is 0 Å². The van der Waals surface area contributed by atoms with Crippen LogP contribution in [0.25, 0.3) is 27.5 Å². The Morgan fingerprint density at radius 2 is 1.86 bits per heavy atom. The summed E-state index contributed by atoms with van der Waals surface area (Å²) >= 11 is 0. The third-order valence-electron chi connectivity index (χ3n) is 5.55. The Bertz CT molecular complexity index is 1120. The first-order chi connectivity index (χ1) is 13.9. The molecular weight excluding hydrogens is 366 g/mol. The maximum absolute atomic E-state index is 12.8. The Hall–Kier alpha value is -2.79. The van der Waals surface area contributed by atoms with Crippen molar-refractivity contribution in [3.63, 3.8) is 0 Å². The molecule has 29 heavy (non-hydrogen) atoms. The smallest absolute Gasteiger partial charge is 0.411 e. The van der Waals surface area contributed by atoms with Gasteiger partial charge in [0.2, 0.25) is 0 Å². The van der Waals surface area contributed by atoms with Gasteiger partial charge in [-0.25, -0.2) is 4.79 Å². The second-order valence-corrected chi connectivity index (χ2v) is 8.82. The summed E-state index contributed by atoms with van der Waals surface area (Å²) in [4.78, 5) is 14.6. The average Bonchev–Trinajstić information content (AvgIpc) is 3.04. The van der Waals surface area contributed by atoms with E-state index in [0.717, 1.165) is 27.5 Å². The van der Waals surface area contributed by atoms with Crippen LogP contribution in [0, 0.1) is 0 Å². The zero-order chi connectivity index (χ0) is 20.2. The number of furan rings is 1. The molecule has 150 valence electrons. The van der Waals surface area contributed by atoms with Gasteiger partial charge in [0, 0.05) is 16.3 Å². The molecule has 2 atom stereocenters. The van der Waals surface area contributed by atoms with Crippen molar-refractivity contribution in [2.75, 3.05) is 13.2 Å². The SMILES string of the molecule is CC(C)(C)OC(=O)N1C2C=C(c3cccc4c3oc3ccccc34)CC1COC2. The van der Waals surface area contributed by atoms with Gasteiger partial charge in [0.1, 0.15) is 16.8 Å². The maximum atomic E-state index is 12.8. The highest BCUT2D eigenvalue weighted by molar-refractivity contribution is 6.08. The van der Waals surface area contributed by atoms with Crippen LogP contribution in [0.1, 0.15) is 32.8 Å². The molecule has 5 nitrogen and oxygen atoms in total. The number of rotatable bonds is 1. The van der Waals surface area contributed by atoms with Crippen LogP contribution >= 0.6 is 0 Å². The van der Waals surface area contributed by atoms with Gasteiger partial charge < -0.3 is 13.9 Å². The van der Waals surface area contributed by atoms with Crippen molar-refractivity contribution in [3.8, 4) is 0 Å². The van der Waals surface area contributed by atoms with Gasteiger partial charge in [-0.3, -0.25) is 4.90 Å². The van der Waals surface area contributed by atoms with Crippen LogP contribution in [0.2, 0.25) is 0 Å². The summed E-state index contributed by atoms with van der Waals surface area (Å²) in [6.07, 6.45) is 2.58. The molecule has 5 heteroatoms. The zero-order valence-electron chi connectivity index (χ0n) is 17.0. The molecule has 0 spiro atoms. The summed E-state index contributed by atoms with van der Waals surface area (Å²) in [5.41, 5.74) is 3.58. The maximum Gasteiger partial charge on any atom is 0.411 e. The van der Waals surface area contributed by atoms with Crippen LogP contribution in [0.5, 0.6) is 0 Å². The van der Waals surface area contributed by atoms with Gasteiger partial charge in [-0.05, 0) is 38.8 Å². The lowest BCUT2D eigenvalue weighted by molar-refractivity contribution is -0.0510. The molecule has 2 aliphatic rings. The number of nitrogens with zero attached hydrogens (tertiary/aromatic N) is 1. The van der Waals surface area contributed by atoms with Crippen LogP contribution in [-0.2, 0) is 9.47 Å². The molecule has 0 radical (unpaired) electrons. The summed E-state index contributed by atoms with van der Waals surface area (Å²) in [7, 11) is 0. The minimum atomic E-state index is -0.518. The van der Waals surface area contributed by atoms with Crippen LogP contribution in [0.15, 0.2) is 53.0 Å². The van der Waals surface area contributed by atoms with E-state index in [1.807, 2.05) is 43.9 Å². The van der Waals surface area contributed by atoms with Crippen molar-refractivity contribution in [2.24, 2.45) is 0 Å². The Balaban J connectivity index is 1.56. The Kier molecular flexibility index (Phi) is 4.17. The van der Waals surface area contributed by atoms with E-state index in [4.69, 9.17) is 13.9 Å². The second-order valence-electron chi connectivity index (χ2n) is 8.82. The average molecular weight is 391 g/mol. The first kappa shape index (κ1) is 18.3. The first-order valence-corrected chi connectivity index (χ1v) is 10.1. The highest BCUT2D eigenvalue weighted by Crippen LogP contribution is 2.39. The van der Waals surface area contributed by atoms with E-state index in [1.54, 1.807) is 0 Å². The normalized spacial score (nSPS) is 22.0. The third kappa shape index (κ3) is 3.19. The lowest BCUT2D eigenvalue weighted by Gasteiger charge is -2.44. The molecule has 5 rings (SSSR count). The molecule has 0 saturated carbocycles. The predicted molar refractivity (Wildman–Crippen MR) is 113 cm³/mol. The van der Waals surface area contributed by atoms with Crippen molar-refractivity contribution in [1.29, 1.82) is 0 Å². The van der Waals surface area contributed by atoms with Crippen LogP contribution in [0.3, 0.4) is 0 Å². The van der Waals surface area contributed by atoms with Crippen LogP contribution < -0.4 is 0 Å². The lowest BCUT2D eigenvalue weighted by atomic mass is 9.89. The van der Waals surface area contributed by atoms with Gasteiger partial charge in [0.25, 0.3) is 0 Å². The Morgan fingerprint density at radius 3 is 2.66 bits per heavy atom. The number of morpholine rings is 1. The van der Waals surface area contributed by atoms with E-state index >= 15 is 0 Å². The van der Waals surface area contributed by atoms with Crippen molar-refractivity contribution in [3.05, 3.63) is 54.1 Å². The summed E-state index contributed by atoms with van der Waals surface area (Å²) < 4.78 is 17.6. The van der Waals surface area contributed by atoms with Crippen molar-refractivity contribution in [2.45, 2.75) is 44.9 Å². The number of amides is 1. The third-order valence-corrected chi connectivity index (χ3v) is 5.55. The fourth-order valence-electron chi connectivity index (χ4n) is 4.39. The molecule has 1 aromatic heterocycles. The molecule has 2 bridgehead atoms. The molecule has 3 aromatic rings. The molecule has 3 heterocycles. The Labute approximate surface area is 169 Å². The highest BCUT2D eigenvalue weighted by Gasteiger charge is 2.40. The summed E-state index contributed by atoms with van der Waals surface area (Å²) in [5.74, 6) is 0. The topological polar surface area (TPSA) is 51.9 Å². The van der Waals surface area contributed by atoms with Crippen molar-refractivity contribution < 1.29 is 18.7 Å². The van der Waals surface area contributed by atoms with Gasteiger partial charge in [0.05, 0.1) is 25.3 Å². The van der Waals surface area contributed by atoms with Crippen molar-refractivity contribution >= 4 is 33.6 Å². The number of hydrogen-bond donors (Lipinski definition) is 0.